The van der Waals surface area contributed by atoms with Gasteiger partial charge >= 0.3 is 5.97 Å². The van der Waals surface area contributed by atoms with Crippen molar-refractivity contribution >= 4 is 27.6 Å². The summed E-state index contributed by atoms with van der Waals surface area (Å²) < 4.78 is 6.06. The summed E-state index contributed by atoms with van der Waals surface area (Å²) in [6.07, 6.45) is 3.34. The minimum Gasteiger partial charge on any atom is -0.466 e. The summed E-state index contributed by atoms with van der Waals surface area (Å²) >= 11 is 3.37. The Hall–Kier alpha value is -1.36. The average Bonchev–Trinajstić information content (AvgIpc) is 2.47. The third kappa shape index (κ3) is 4.34. The molecular weight excluding hydrogens is 322 g/mol. The van der Waals surface area contributed by atoms with E-state index in [9.17, 15) is 4.79 Å². The molecule has 1 aliphatic rings. The highest BCUT2D eigenvalue weighted by atomic mass is 79.9. The first-order chi connectivity index (χ1) is 9.69. The number of benzene rings is 1. The van der Waals surface area contributed by atoms with Crippen molar-refractivity contribution in [2.75, 3.05) is 6.61 Å². The van der Waals surface area contributed by atoms with Crippen LogP contribution in [0.1, 0.15) is 32.6 Å². The predicted molar refractivity (Wildman–Crippen MR) is 80.8 cm³/mol. The molecule has 0 bridgehead atoms. The van der Waals surface area contributed by atoms with Crippen LogP contribution in [-0.2, 0) is 9.53 Å². The van der Waals surface area contributed by atoms with E-state index in [0.29, 0.717) is 18.8 Å². The van der Waals surface area contributed by atoms with Crippen molar-refractivity contribution in [2.24, 2.45) is 11.1 Å². The van der Waals surface area contributed by atoms with Crippen LogP contribution >= 0.6 is 15.9 Å². The van der Waals surface area contributed by atoms with Gasteiger partial charge in [-0.25, -0.2) is 0 Å². The second-order valence-corrected chi connectivity index (χ2v) is 5.66. The topological polar surface area (TPSA) is 47.9 Å². The maximum atomic E-state index is 11.7. The van der Waals surface area contributed by atoms with Crippen molar-refractivity contribution in [1.29, 1.82) is 0 Å². The van der Waals surface area contributed by atoms with E-state index in [1.807, 2.05) is 31.2 Å². The van der Waals surface area contributed by atoms with Gasteiger partial charge < -0.3 is 9.57 Å². The van der Waals surface area contributed by atoms with Crippen LogP contribution in [0.4, 0.5) is 0 Å². The molecule has 2 rings (SSSR count). The third-order valence-electron chi connectivity index (χ3n) is 3.21. The quantitative estimate of drug-likeness (QED) is 0.616. The van der Waals surface area contributed by atoms with Crippen LogP contribution in [0.25, 0.3) is 0 Å². The fourth-order valence-electron chi connectivity index (χ4n) is 2.20. The predicted octanol–water partition coefficient (Wildman–Crippen LogP) is 3.94. The maximum absolute atomic E-state index is 11.7. The summed E-state index contributed by atoms with van der Waals surface area (Å²) in [5.74, 6) is 0.499. The molecule has 1 saturated carbocycles. The fraction of sp³-hybridized carbons (Fsp3) is 0.467. The van der Waals surface area contributed by atoms with E-state index in [-0.39, 0.29) is 11.9 Å². The number of carbonyl (C=O) groups is 1. The second kappa shape index (κ2) is 7.43. The van der Waals surface area contributed by atoms with Crippen molar-refractivity contribution < 1.29 is 14.4 Å². The first kappa shape index (κ1) is 15.0. The Morgan fingerprint density at radius 2 is 2.15 bits per heavy atom. The van der Waals surface area contributed by atoms with Crippen LogP contribution in [0, 0.1) is 5.92 Å². The Morgan fingerprint density at radius 1 is 1.40 bits per heavy atom. The second-order valence-electron chi connectivity index (χ2n) is 4.75. The highest BCUT2D eigenvalue weighted by Crippen LogP contribution is 2.24. The standard InChI is InChI=1S/C15H18BrNO3/c1-2-19-15(18)11-4-3-5-13(10-11)17-20-14-8-6-12(16)7-9-14/h6-9,11H,2-5,10H2,1H3/b17-13+. The number of rotatable bonds is 4. The van der Waals surface area contributed by atoms with Crippen LogP contribution in [0.5, 0.6) is 5.75 Å². The number of oxime groups is 1. The summed E-state index contributed by atoms with van der Waals surface area (Å²) in [5.41, 5.74) is 0.928. The molecule has 0 aromatic heterocycles. The zero-order valence-electron chi connectivity index (χ0n) is 11.5. The van der Waals surface area contributed by atoms with Gasteiger partial charge in [-0.3, -0.25) is 4.79 Å². The molecule has 4 nitrogen and oxygen atoms in total. The van der Waals surface area contributed by atoms with E-state index >= 15 is 0 Å². The van der Waals surface area contributed by atoms with Crippen LogP contribution < -0.4 is 4.84 Å². The third-order valence-corrected chi connectivity index (χ3v) is 3.74. The van der Waals surface area contributed by atoms with Gasteiger partial charge in [-0.1, -0.05) is 21.1 Å². The van der Waals surface area contributed by atoms with E-state index in [4.69, 9.17) is 9.57 Å². The van der Waals surface area contributed by atoms with Gasteiger partial charge in [-0.05, 0) is 50.5 Å². The lowest BCUT2D eigenvalue weighted by Crippen LogP contribution is -2.25. The normalized spacial score (nSPS) is 20.7. The summed E-state index contributed by atoms with van der Waals surface area (Å²) in [4.78, 5) is 17.1. The molecule has 0 aliphatic heterocycles. The molecule has 1 fully saturated rings. The molecule has 5 heteroatoms. The Morgan fingerprint density at radius 3 is 2.85 bits per heavy atom. The van der Waals surface area contributed by atoms with E-state index in [1.54, 1.807) is 0 Å². The molecule has 1 aromatic carbocycles. The van der Waals surface area contributed by atoms with Crippen molar-refractivity contribution in [3.8, 4) is 5.75 Å². The van der Waals surface area contributed by atoms with Gasteiger partial charge in [0.15, 0.2) is 5.75 Å². The molecule has 1 aliphatic carbocycles. The van der Waals surface area contributed by atoms with Crippen molar-refractivity contribution in [2.45, 2.75) is 32.6 Å². The molecule has 0 spiro atoms. The van der Waals surface area contributed by atoms with Crippen LogP contribution in [0.15, 0.2) is 33.9 Å². The Labute approximate surface area is 127 Å². The largest absolute Gasteiger partial charge is 0.466 e. The van der Waals surface area contributed by atoms with Crippen molar-refractivity contribution in [3.05, 3.63) is 28.7 Å². The Kier molecular flexibility index (Phi) is 5.59. The minimum absolute atomic E-state index is 0.0732. The maximum Gasteiger partial charge on any atom is 0.309 e. The number of carbonyl (C=O) groups excluding carboxylic acids is 1. The van der Waals surface area contributed by atoms with E-state index < -0.39 is 0 Å². The lowest BCUT2D eigenvalue weighted by atomic mass is 9.88. The van der Waals surface area contributed by atoms with Crippen molar-refractivity contribution in [3.63, 3.8) is 0 Å². The van der Waals surface area contributed by atoms with E-state index in [2.05, 4.69) is 21.1 Å². The Balaban J connectivity index is 1.92. The van der Waals surface area contributed by atoms with Gasteiger partial charge in [0.05, 0.1) is 18.2 Å². The first-order valence-corrected chi connectivity index (χ1v) is 7.63. The molecule has 1 unspecified atom stereocenters. The van der Waals surface area contributed by atoms with Crippen LogP contribution in [0.2, 0.25) is 0 Å². The minimum atomic E-state index is -0.122. The smallest absolute Gasteiger partial charge is 0.309 e. The summed E-state index contributed by atoms with van der Waals surface area (Å²) in [7, 11) is 0. The van der Waals surface area contributed by atoms with Crippen molar-refractivity contribution in [1.82, 2.24) is 0 Å². The van der Waals surface area contributed by atoms with Gasteiger partial charge in [-0.2, -0.15) is 0 Å². The number of halogens is 1. The molecular formula is C15H18BrNO3. The summed E-state index contributed by atoms with van der Waals surface area (Å²) in [5, 5.41) is 4.17. The first-order valence-electron chi connectivity index (χ1n) is 6.84. The van der Waals surface area contributed by atoms with Gasteiger partial charge in [0.1, 0.15) is 0 Å². The Bertz CT molecular complexity index is 484. The molecule has 20 heavy (non-hydrogen) atoms. The highest BCUT2D eigenvalue weighted by Gasteiger charge is 2.26. The zero-order chi connectivity index (χ0) is 14.4. The molecule has 0 N–H and O–H groups in total. The number of nitrogens with zero attached hydrogens (tertiary/aromatic N) is 1. The number of ether oxygens (including phenoxy) is 1. The molecule has 0 amide bonds. The van der Waals surface area contributed by atoms with Crippen LogP contribution in [0.3, 0.4) is 0 Å². The van der Waals surface area contributed by atoms with Crippen LogP contribution in [-0.4, -0.2) is 18.3 Å². The summed E-state index contributed by atoms with van der Waals surface area (Å²) in [6, 6.07) is 7.50. The van der Waals surface area contributed by atoms with Gasteiger partial charge in [0.2, 0.25) is 0 Å². The van der Waals surface area contributed by atoms with E-state index in [0.717, 1.165) is 29.4 Å². The monoisotopic (exact) mass is 339 g/mol. The van der Waals surface area contributed by atoms with E-state index in [1.165, 1.54) is 0 Å². The molecule has 1 atom stereocenters. The lowest BCUT2D eigenvalue weighted by Gasteiger charge is -2.21. The van der Waals surface area contributed by atoms with Gasteiger partial charge in [-0.15, -0.1) is 0 Å². The number of hydrogen-bond acceptors (Lipinski definition) is 4. The molecule has 1 aromatic rings. The van der Waals surface area contributed by atoms with Gasteiger partial charge in [0, 0.05) is 10.9 Å². The average molecular weight is 340 g/mol. The molecule has 0 radical (unpaired) electrons. The number of esters is 1. The summed E-state index contributed by atoms with van der Waals surface area (Å²) in [6.45, 7) is 2.25. The fourth-order valence-corrected chi connectivity index (χ4v) is 2.46. The SMILES string of the molecule is CCOC(=O)C1CCC/C(=N\Oc2ccc(Br)cc2)C1. The van der Waals surface area contributed by atoms with Gasteiger partial charge in [0.25, 0.3) is 0 Å². The molecule has 0 heterocycles. The zero-order valence-corrected chi connectivity index (χ0v) is 13.1. The number of hydrogen-bond donors (Lipinski definition) is 0. The molecule has 0 saturated heterocycles. The highest BCUT2D eigenvalue weighted by molar-refractivity contribution is 9.10. The lowest BCUT2D eigenvalue weighted by molar-refractivity contribution is -0.148. The molecule has 108 valence electrons.